The third-order valence-electron chi connectivity index (χ3n) is 4.96. The standard InChI is InChI=1S/C22H15BrClN7OS/c23-13-5-3-12(4-6-13)18-11-31-9-1-2-14(20(31)26-18)21(32)29-30-22(33)27-17-8-7-16-15(19(17)24)10-25-28-16/h1-11H,(H,25,28)(H,29,32)(H2,27,30,33). The number of carbonyl (C=O) groups is 1. The highest BCUT2D eigenvalue weighted by atomic mass is 79.9. The molecule has 2 aromatic carbocycles. The van der Waals surface area contributed by atoms with Crippen LogP contribution in [0, 0.1) is 0 Å². The number of amides is 1. The largest absolute Gasteiger partial charge is 0.330 e. The summed E-state index contributed by atoms with van der Waals surface area (Å²) in [6.45, 7) is 0. The zero-order valence-corrected chi connectivity index (χ0v) is 19.9. The molecule has 0 radical (unpaired) electrons. The van der Waals surface area contributed by atoms with E-state index in [1.54, 1.807) is 24.4 Å². The van der Waals surface area contributed by atoms with Gasteiger partial charge in [-0.2, -0.15) is 5.10 Å². The predicted octanol–water partition coefficient (Wildman–Crippen LogP) is 4.92. The molecule has 0 atom stereocenters. The number of nitrogens with one attached hydrogen (secondary N) is 4. The lowest BCUT2D eigenvalue weighted by atomic mass is 10.2. The molecule has 8 nitrogen and oxygen atoms in total. The summed E-state index contributed by atoms with van der Waals surface area (Å²) in [5, 5.41) is 11.2. The van der Waals surface area contributed by atoms with Gasteiger partial charge in [0.1, 0.15) is 5.65 Å². The van der Waals surface area contributed by atoms with Crippen molar-refractivity contribution in [2.45, 2.75) is 0 Å². The van der Waals surface area contributed by atoms with Gasteiger partial charge < -0.3 is 9.72 Å². The second-order valence-corrected chi connectivity index (χ2v) is 8.78. The molecular formula is C22H15BrClN7OS. The molecule has 0 spiro atoms. The van der Waals surface area contributed by atoms with Crippen molar-refractivity contribution in [2.75, 3.05) is 5.32 Å². The zero-order valence-electron chi connectivity index (χ0n) is 16.8. The van der Waals surface area contributed by atoms with Crippen molar-refractivity contribution in [1.29, 1.82) is 0 Å². The Kier molecular flexibility index (Phi) is 5.71. The molecule has 3 aromatic heterocycles. The molecule has 4 N–H and O–H groups in total. The van der Waals surface area contributed by atoms with Gasteiger partial charge >= 0.3 is 0 Å². The Balaban J connectivity index is 1.31. The van der Waals surface area contributed by atoms with Crippen LogP contribution in [0.25, 0.3) is 27.8 Å². The van der Waals surface area contributed by atoms with Gasteiger partial charge in [-0.25, -0.2) is 4.98 Å². The molecule has 0 fully saturated rings. The average molecular weight is 541 g/mol. The number of hydrogen-bond acceptors (Lipinski definition) is 4. The number of thiocarbonyl (C=S) groups is 1. The summed E-state index contributed by atoms with van der Waals surface area (Å²) in [6.07, 6.45) is 5.35. The molecule has 33 heavy (non-hydrogen) atoms. The van der Waals surface area contributed by atoms with Gasteiger partial charge in [0.15, 0.2) is 5.11 Å². The van der Waals surface area contributed by atoms with Crippen molar-refractivity contribution in [1.82, 2.24) is 30.4 Å². The van der Waals surface area contributed by atoms with Gasteiger partial charge in [0.2, 0.25) is 0 Å². The summed E-state index contributed by atoms with van der Waals surface area (Å²) >= 11 is 15.1. The number of carbonyl (C=O) groups excluding carboxylic acids is 1. The number of pyridine rings is 1. The summed E-state index contributed by atoms with van der Waals surface area (Å²) in [5.74, 6) is -0.380. The molecule has 0 saturated carbocycles. The van der Waals surface area contributed by atoms with E-state index in [4.69, 9.17) is 23.8 Å². The smallest absolute Gasteiger partial charge is 0.273 e. The molecule has 5 rings (SSSR count). The molecule has 11 heteroatoms. The fourth-order valence-corrected chi connectivity index (χ4v) is 4.05. The van der Waals surface area contributed by atoms with Gasteiger partial charge in [0.05, 0.1) is 33.7 Å². The van der Waals surface area contributed by atoms with Gasteiger partial charge in [0, 0.05) is 27.8 Å². The molecule has 0 aliphatic rings. The molecule has 0 aliphatic heterocycles. The lowest BCUT2D eigenvalue weighted by molar-refractivity contribution is 0.0945. The van der Waals surface area contributed by atoms with Crippen LogP contribution >= 0.6 is 39.7 Å². The number of H-pyrrole nitrogens is 1. The van der Waals surface area contributed by atoms with E-state index in [0.29, 0.717) is 21.9 Å². The highest BCUT2D eigenvalue weighted by molar-refractivity contribution is 9.10. The van der Waals surface area contributed by atoms with Crippen LogP contribution in [-0.2, 0) is 0 Å². The molecule has 3 heterocycles. The number of hydrogen-bond donors (Lipinski definition) is 4. The van der Waals surface area contributed by atoms with Crippen molar-refractivity contribution in [3.63, 3.8) is 0 Å². The SMILES string of the molecule is O=C(NNC(=S)Nc1ccc2[nH]ncc2c1Cl)c1cccn2cc(-c3ccc(Br)cc3)nc12. The van der Waals surface area contributed by atoms with E-state index in [1.165, 1.54) is 0 Å². The lowest BCUT2D eigenvalue weighted by Crippen LogP contribution is -2.43. The second kappa shape index (κ2) is 8.81. The van der Waals surface area contributed by atoms with Gasteiger partial charge in [-0.15, -0.1) is 0 Å². The number of benzene rings is 2. The minimum Gasteiger partial charge on any atom is -0.330 e. The first kappa shape index (κ1) is 21.4. The van der Waals surface area contributed by atoms with E-state index in [-0.39, 0.29) is 11.0 Å². The number of fused-ring (bicyclic) bond motifs is 2. The Morgan fingerprint density at radius 1 is 1.12 bits per heavy atom. The van der Waals surface area contributed by atoms with Crippen LogP contribution in [0.2, 0.25) is 5.02 Å². The van der Waals surface area contributed by atoms with E-state index in [2.05, 4.69) is 47.3 Å². The lowest BCUT2D eigenvalue weighted by Gasteiger charge is -2.13. The first-order valence-corrected chi connectivity index (χ1v) is 11.3. The minimum absolute atomic E-state index is 0.180. The Morgan fingerprint density at radius 3 is 2.76 bits per heavy atom. The van der Waals surface area contributed by atoms with Crippen LogP contribution < -0.4 is 16.2 Å². The van der Waals surface area contributed by atoms with Crippen molar-refractivity contribution in [3.8, 4) is 11.3 Å². The summed E-state index contributed by atoms with van der Waals surface area (Å²) in [5.41, 5.74) is 9.35. The maximum absolute atomic E-state index is 12.9. The second-order valence-electron chi connectivity index (χ2n) is 7.08. The van der Waals surface area contributed by atoms with Crippen LogP contribution in [0.15, 0.2) is 71.6 Å². The van der Waals surface area contributed by atoms with Crippen molar-refractivity contribution in [2.24, 2.45) is 0 Å². The molecule has 0 saturated heterocycles. The number of aromatic amines is 1. The summed E-state index contributed by atoms with van der Waals surface area (Å²) in [6, 6.07) is 14.9. The van der Waals surface area contributed by atoms with Crippen LogP contribution in [0.4, 0.5) is 5.69 Å². The number of rotatable bonds is 3. The fourth-order valence-electron chi connectivity index (χ4n) is 3.36. The average Bonchev–Trinajstić information content (AvgIpc) is 3.47. The number of anilines is 1. The zero-order chi connectivity index (χ0) is 22.9. The van der Waals surface area contributed by atoms with Crippen LogP contribution in [0.3, 0.4) is 0 Å². The highest BCUT2D eigenvalue weighted by Crippen LogP contribution is 2.29. The van der Waals surface area contributed by atoms with E-state index in [9.17, 15) is 4.79 Å². The summed E-state index contributed by atoms with van der Waals surface area (Å²) in [4.78, 5) is 17.5. The number of imidazole rings is 1. The Labute approximate surface area is 206 Å². The molecule has 0 bridgehead atoms. The van der Waals surface area contributed by atoms with Crippen molar-refractivity contribution < 1.29 is 4.79 Å². The number of nitrogens with zero attached hydrogens (tertiary/aromatic N) is 3. The van der Waals surface area contributed by atoms with E-state index in [1.807, 2.05) is 47.1 Å². The first-order valence-electron chi connectivity index (χ1n) is 9.72. The minimum atomic E-state index is -0.380. The van der Waals surface area contributed by atoms with E-state index < -0.39 is 0 Å². The molecule has 164 valence electrons. The quantitative estimate of drug-likeness (QED) is 0.191. The summed E-state index contributed by atoms with van der Waals surface area (Å²) < 4.78 is 2.79. The van der Waals surface area contributed by atoms with Crippen LogP contribution in [-0.4, -0.2) is 30.6 Å². The highest BCUT2D eigenvalue weighted by Gasteiger charge is 2.15. The summed E-state index contributed by atoms with van der Waals surface area (Å²) in [7, 11) is 0. The third-order valence-corrected chi connectivity index (χ3v) is 6.10. The van der Waals surface area contributed by atoms with E-state index >= 15 is 0 Å². The monoisotopic (exact) mass is 539 g/mol. The third kappa shape index (κ3) is 4.28. The van der Waals surface area contributed by atoms with Crippen LogP contribution in [0.1, 0.15) is 10.4 Å². The fraction of sp³-hybridized carbons (Fsp3) is 0. The van der Waals surface area contributed by atoms with Crippen LogP contribution in [0.5, 0.6) is 0 Å². The predicted molar refractivity (Wildman–Crippen MR) is 136 cm³/mol. The maximum atomic E-state index is 12.9. The number of halogens is 2. The normalized spacial score (nSPS) is 11.0. The first-order chi connectivity index (χ1) is 16.0. The molecule has 0 aliphatic carbocycles. The Morgan fingerprint density at radius 2 is 1.94 bits per heavy atom. The van der Waals surface area contributed by atoms with Crippen molar-refractivity contribution >= 4 is 73.0 Å². The molecule has 1 amide bonds. The van der Waals surface area contributed by atoms with Gasteiger partial charge in [-0.1, -0.05) is 39.7 Å². The number of hydrazine groups is 1. The molecule has 0 unspecified atom stereocenters. The molecule has 5 aromatic rings. The van der Waals surface area contributed by atoms with E-state index in [0.717, 1.165) is 26.6 Å². The topological polar surface area (TPSA) is 99.1 Å². The van der Waals surface area contributed by atoms with Gasteiger partial charge in [-0.3, -0.25) is 20.7 Å². The van der Waals surface area contributed by atoms with Gasteiger partial charge in [0.25, 0.3) is 5.91 Å². The molecular weight excluding hydrogens is 526 g/mol. The number of aromatic nitrogens is 4. The van der Waals surface area contributed by atoms with Gasteiger partial charge in [-0.05, 0) is 48.6 Å². The maximum Gasteiger partial charge on any atom is 0.273 e. The Bertz CT molecular complexity index is 1510. The van der Waals surface area contributed by atoms with Crippen molar-refractivity contribution in [3.05, 3.63) is 82.2 Å². The Hall–Kier alpha value is -3.47.